The van der Waals surface area contributed by atoms with Crippen LogP contribution in [0.1, 0.15) is 28.5 Å². The van der Waals surface area contributed by atoms with Crippen LogP contribution in [0.4, 0.5) is 0 Å². The minimum atomic E-state index is 0.621. The minimum absolute atomic E-state index is 0.621. The van der Waals surface area contributed by atoms with Crippen LogP contribution < -0.4 is 0 Å². The molecule has 0 saturated carbocycles. The average Bonchev–Trinajstić information content (AvgIpc) is 2.78. The second-order valence-corrected chi connectivity index (χ2v) is 5.99. The number of rotatable bonds is 2. The summed E-state index contributed by atoms with van der Waals surface area (Å²) in [5.41, 5.74) is 4.00. The van der Waals surface area contributed by atoms with Gasteiger partial charge in [0.25, 0.3) is 5.78 Å². The predicted molar refractivity (Wildman–Crippen MR) is 80.6 cm³/mol. The van der Waals surface area contributed by atoms with E-state index < -0.39 is 0 Å². The molecule has 0 bridgehead atoms. The first-order valence-corrected chi connectivity index (χ1v) is 7.46. The summed E-state index contributed by atoms with van der Waals surface area (Å²) in [6.45, 7) is 9.84. The van der Waals surface area contributed by atoms with E-state index >= 15 is 0 Å². The van der Waals surface area contributed by atoms with Gasteiger partial charge in [0, 0.05) is 22.6 Å². The molecule has 108 valence electrons. The van der Waals surface area contributed by atoms with Crippen molar-refractivity contribution in [3.05, 3.63) is 34.5 Å². The summed E-state index contributed by atoms with van der Waals surface area (Å²) in [6, 6.07) is 1.99. The third-order valence-electron chi connectivity index (χ3n) is 3.24. The van der Waals surface area contributed by atoms with Crippen molar-refractivity contribution in [3.63, 3.8) is 0 Å². The Morgan fingerprint density at radius 2 is 1.71 bits per heavy atom. The van der Waals surface area contributed by atoms with Crippen LogP contribution >= 0.6 is 11.8 Å². The van der Waals surface area contributed by atoms with Crippen LogP contribution in [0.3, 0.4) is 0 Å². The van der Waals surface area contributed by atoms with Crippen LogP contribution in [0.2, 0.25) is 0 Å². The zero-order valence-corrected chi connectivity index (χ0v) is 13.5. The molecule has 6 nitrogen and oxygen atoms in total. The Kier molecular flexibility index (Phi) is 3.36. The van der Waals surface area contributed by atoms with Gasteiger partial charge in [-0.1, -0.05) is 0 Å². The van der Waals surface area contributed by atoms with E-state index in [1.165, 1.54) is 11.8 Å². The van der Waals surface area contributed by atoms with Crippen molar-refractivity contribution in [1.82, 2.24) is 29.5 Å². The molecule has 0 spiro atoms. The fraction of sp³-hybridized carbons (Fsp3) is 0.357. The highest BCUT2D eigenvalue weighted by molar-refractivity contribution is 7.99. The van der Waals surface area contributed by atoms with Gasteiger partial charge >= 0.3 is 0 Å². The molecule has 3 rings (SSSR count). The molecule has 0 N–H and O–H groups in total. The minimum Gasteiger partial charge on any atom is -0.238 e. The Balaban J connectivity index is 2.05. The first-order valence-electron chi connectivity index (χ1n) is 6.65. The van der Waals surface area contributed by atoms with E-state index in [2.05, 4.69) is 25.0 Å². The summed E-state index contributed by atoms with van der Waals surface area (Å²) < 4.78 is 1.76. The molecule has 0 aliphatic rings. The average molecular weight is 300 g/mol. The van der Waals surface area contributed by atoms with Crippen molar-refractivity contribution in [2.45, 2.75) is 44.8 Å². The van der Waals surface area contributed by atoms with Gasteiger partial charge in [-0.2, -0.15) is 4.98 Å². The Hall–Kier alpha value is -2.02. The number of hydrogen-bond acceptors (Lipinski definition) is 6. The molecular weight excluding hydrogens is 284 g/mol. The molecule has 0 aromatic carbocycles. The highest BCUT2D eigenvalue weighted by Crippen LogP contribution is 2.27. The Labute approximate surface area is 127 Å². The molecule has 0 aliphatic heterocycles. The van der Waals surface area contributed by atoms with E-state index in [1.54, 1.807) is 4.52 Å². The van der Waals surface area contributed by atoms with Crippen molar-refractivity contribution in [2.75, 3.05) is 0 Å². The van der Waals surface area contributed by atoms with Crippen molar-refractivity contribution in [3.8, 4) is 0 Å². The van der Waals surface area contributed by atoms with Crippen molar-refractivity contribution in [1.29, 1.82) is 0 Å². The van der Waals surface area contributed by atoms with Crippen LogP contribution in [0, 0.1) is 34.6 Å². The van der Waals surface area contributed by atoms with Gasteiger partial charge in [0.2, 0.25) is 5.16 Å². The number of aryl methyl sites for hydroxylation is 4. The highest BCUT2D eigenvalue weighted by atomic mass is 32.2. The summed E-state index contributed by atoms with van der Waals surface area (Å²) in [5, 5.41) is 6.04. The molecule has 7 heteroatoms. The lowest BCUT2D eigenvalue weighted by molar-refractivity contribution is 0.839. The van der Waals surface area contributed by atoms with Gasteiger partial charge in [-0.25, -0.2) is 19.5 Å². The zero-order chi connectivity index (χ0) is 15.1. The summed E-state index contributed by atoms with van der Waals surface area (Å²) in [6.07, 6.45) is 0. The monoisotopic (exact) mass is 300 g/mol. The zero-order valence-electron chi connectivity index (χ0n) is 12.7. The second kappa shape index (κ2) is 5.07. The first-order chi connectivity index (χ1) is 9.94. The summed E-state index contributed by atoms with van der Waals surface area (Å²) >= 11 is 1.45. The molecule has 0 unspecified atom stereocenters. The van der Waals surface area contributed by atoms with Gasteiger partial charge in [-0.15, -0.1) is 5.10 Å². The molecule has 0 radical (unpaired) electrons. The number of aromatic nitrogens is 6. The summed E-state index contributed by atoms with van der Waals surface area (Å²) in [5.74, 6) is 1.38. The maximum atomic E-state index is 4.49. The number of fused-ring (bicyclic) bond motifs is 1. The molecular formula is C14H16N6S. The topological polar surface area (TPSA) is 68.9 Å². The molecule has 0 atom stereocenters. The van der Waals surface area contributed by atoms with Gasteiger partial charge in [0.05, 0.1) is 0 Å². The summed E-state index contributed by atoms with van der Waals surface area (Å²) in [7, 11) is 0. The Bertz CT molecular complexity index is 839. The van der Waals surface area contributed by atoms with Crippen LogP contribution in [-0.4, -0.2) is 29.5 Å². The van der Waals surface area contributed by atoms with E-state index in [1.807, 2.05) is 40.7 Å². The fourth-order valence-electron chi connectivity index (χ4n) is 2.11. The van der Waals surface area contributed by atoms with E-state index in [4.69, 9.17) is 0 Å². The van der Waals surface area contributed by atoms with Crippen molar-refractivity contribution < 1.29 is 0 Å². The largest absolute Gasteiger partial charge is 0.253 e. The summed E-state index contributed by atoms with van der Waals surface area (Å²) in [4.78, 5) is 17.7. The fourth-order valence-corrected chi connectivity index (χ4v) is 3.02. The molecule has 0 saturated heterocycles. The van der Waals surface area contributed by atoms with E-state index in [0.717, 1.165) is 33.5 Å². The lowest BCUT2D eigenvalue weighted by atomic mass is 10.3. The van der Waals surface area contributed by atoms with Gasteiger partial charge in [-0.05, 0) is 52.4 Å². The molecule has 0 fully saturated rings. The van der Waals surface area contributed by atoms with Crippen LogP contribution in [-0.2, 0) is 0 Å². The van der Waals surface area contributed by atoms with E-state index in [-0.39, 0.29) is 0 Å². The Morgan fingerprint density at radius 1 is 0.952 bits per heavy atom. The first kappa shape index (κ1) is 13.9. The lowest BCUT2D eigenvalue weighted by Gasteiger charge is -2.05. The molecule has 3 aromatic heterocycles. The maximum absolute atomic E-state index is 4.49. The van der Waals surface area contributed by atoms with Crippen molar-refractivity contribution in [2.24, 2.45) is 0 Å². The standard InChI is InChI=1S/C14H16N6S/c1-7-6-8(2)20-13(15-7)18-14(19-20)21-12-9(3)10(4)16-11(5)17-12/h6H,1-5H3. The van der Waals surface area contributed by atoms with Gasteiger partial charge in [-0.3, -0.25) is 0 Å². The molecule has 21 heavy (non-hydrogen) atoms. The second-order valence-electron chi connectivity index (χ2n) is 5.03. The highest BCUT2D eigenvalue weighted by Gasteiger charge is 2.13. The normalized spacial score (nSPS) is 11.3. The third kappa shape index (κ3) is 2.61. The maximum Gasteiger partial charge on any atom is 0.253 e. The molecule has 3 aromatic rings. The number of hydrogen-bond donors (Lipinski definition) is 0. The van der Waals surface area contributed by atoms with Crippen LogP contribution in [0.15, 0.2) is 16.2 Å². The predicted octanol–water partition coefficient (Wildman–Crippen LogP) is 2.61. The van der Waals surface area contributed by atoms with Gasteiger partial charge < -0.3 is 0 Å². The number of nitrogens with zero attached hydrogens (tertiary/aromatic N) is 6. The van der Waals surface area contributed by atoms with Crippen LogP contribution in [0.5, 0.6) is 0 Å². The van der Waals surface area contributed by atoms with Crippen molar-refractivity contribution >= 4 is 17.5 Å². The van der Waals surface area contributed by atoms with E-state index in [9.17, 15) is 0 Å². The van der Waals surface area contributed by atoms with E-state index in [0.29, 0.717) is 10.9 Å². The lowest BCUT2D eigenvalue weighted by Crippen LogP contribution is -1.98. The molecule has 0 amide bonds. The third-order valence-corrected chi connectivity index (χ3v) is 4.19. The SMILES string of the molecule is Cc1cc(C)n2nc(Sc3nc(C)nc(C)c3C)nc2n1. The molecule has 0 aliphatic carbocycles. The smallest absolute Gasteiger partial charge is 0.238 e. The molecule has 3 heterocycles. The van der Waals surface area contributed by atoms with Gasteiger partial charge in [0.1, 0.15) is 10.9 Å². The Morgan fingerprint density at radius 3 is 2.48 bits per heavy atom. The van der Waals surface area contributed by atoms with Crippen LogP contribution in [0.25, 0.3) is 5.78 Å². The van der Waals surface area contributed by atoms with Gasteiger partial charge in [0.15, 0.2) is 0 Å². The quantitative estimate of drug-likeness (QED) is 0.678.